The Hall–Kier alpha value is -7.22. The third kappa shape index (κ3) is 5.61. The Bertz CT molecular complexity index is 2970. The summed E-state index contributed by atoms with van der Waals surface area (Å²) in [5, 5.41) is 0. The molecule has 1 nitrogen and oxygen atoms in total. The lowest BCUT2D eigenvalue weighted by Gasteiger charge is -2.35. The normalized spacial score (nSPS) is 13.8. The first kappa shape index (κ1) is 35.9. The van der Waals surface area contributed by atoms with Crippen LogP contribution in [0.15, 0.2) is 224 Å². The first-order chi connectivity index (χ1) is 29.5. The van der Waals surface area contributed by atoms with Crippen molar-refractivity contribution in [1.82, 2.24) is 0 Å². The van der Waals surface area contributed by atoms with Gasteiger partial charge in [-0.05, 0) is 108 Å². The highest BCUT2D eigenvalue weighted by Gasteiger charge is 2.46. The van der Waals surface area contributed by atoms with E-state index in [4.69, 9.17) is 0 Å². The molecule has 0 radical (unpaired) electrons. The fraction of sp³-hybridized carbons (Fsp3) is 0.0847. The summed E-state index contributed by atoms with van der Waals surface area (Å²) in [6.45, 7) is 5.46. The van der Waals surface area contributed by atoms with Gasteiger partial charge in [-0.1, -0.05) is 214 Å². The molecular formula is C59H45N. The third-order valence-corrected chi connectivity index (χ3v) is 13.3. The second-order valence-corrected chi connectivity index (χ2v) is 16.8. The molecule has 60 heavy (non-hydrogen) atoms. The van der Waals surface area contributed by atoms with E-state index in [1.165, 1.54) is 89.1 Å². The van der Waals surface area contributed by atoms with Gasteiger partial charge in [-0.15, -0.1) is 0 Å². The largest absolute Gasteiger partial charge is 0.337 e. The molecule has 2 aliphatic carbocycles. The van der Waals surface area contributed by atoms with Gasteiger partial charge >= 0.3 is 0 Å². The van der Waals surface area contributed by atoms with Gasteiger partial charge < -0.3 is 4.90 Å². The number of hydrogen-bond donors (Lipinski definition) is 0. The predicted octanol–water partition coefficient (Wildman–Crippen LogP) is 15.0. The van der Waals surface area contributed by atoms with Crippen molar-refractivity contribution in [2.45, 2.75) is 31.2 Å². The van der Waals surface area contributed by atoms with E-state index in [2.05, 4.69) is 243 Å². The molecule has 0 amide bonds. The van der Waals surface area contributed by atoms with Crippen molar-refractivity contribution in [3.63, 3.8) is 0 Å². The summed E-state index contributed by atoms with van der Waals surface area (Å²) < 4.78 is 0. The van der Waals surface area contributed by atoms with Crippen molar-refractivity contribution in [1.29, 1.82) is 0 Å². The standard InChI is InChI=1S/C59H45N/c1-58(2)54-26-14-11-23-50(54)53-38-37-48(39-57(53)58)60(40-44-21-9-10-22-49(44)43-19-7-4-8-20-43)47-35-33-46(34-36-47)59(45-31-29-42(30-32-45)41-17-5-3-6-18-41)55-27-15-12-24-51(55)52-25-13-16-28-56(52)59/h3-39H,40H2,1-2H3. The molecule has 2 aliphatic rings. The molecule has 9 aromatic carbocycles. The topological polar surface area (TPSA) is 3.24 Å². The molecule has 1 heteroatoms. The van der Waals surface area contributed by atoms with E-state index >= 15 is 0 Å². The summed E-state index contributed by atoms with van der Waals surface area (Å²) in [7, 11) is 0. The van der Waals surface area contributed by atoms with E-state index in [1.807, 2.05) is 0 Å². The lowest BCUT2D eigenvalue weighted by atomic mass is 9.67. The van der Waals surface area contributed by atoms with Gasteiger partial charge in [0.2, 0.25) is 0 Å². The van der Waals surface area contributed by atoms with E-state index in [0.717, 1.165) is 5.69 Å². The Morgan fingerprint density at radius 2 is 0.767 bits per heavy atom. The smallest absolute Gasteiger partial charge is 0.0713 e. The molecular weight excluding hydrogens is 723 g/mol. The molecule has 0 aromatic heterocycles. The van der Waals surface area contributed by atoms with Gasteiger partial charge in [0.15, 0.2) is 0 Å². The lowest BCUT2D eigenvalue weighted by molar-refractivity contribution is 0.660. The minimum absolute atomic E-state index is 0.106. The van der Waals surface area contributed by atoms with Crippen molar-refractivity contribution >= 4 is 11.4 Å². The second-order valence-electron chi connectivity index (χ2n) is 16.8. The molecule has 0 bridgehead atoms. The SMILES string of the molecule is CC1(C)c2ccccc2-c2ccc(N(Cc3ccccc3-c3ccccc3)c3ccc(C4(c5ccc(-c6ccccc6)cc5)c5ccccc5-c5ccccc54)cc3)cc21. The van der Waals surface area contributed by atoms with Crippen LogP contribution < -0.4 is 4.90 Å². The van der Waals surface area contributed by atoms with Crippen molar-refractivity contribution in [3.8, 4) is 44.5 Å². The maximum atomic E-state index is 2.52. The van der Waals surface area contributed by atoms with Crippen molar-refractivity contribution in [3.05, 3.63) is 263 Å². The van der Waals surface area contributed by atoms with Crippen LogP contribution in [0.25, 0.3) is 44.5 Å². The molecule has 0 N–H and O–H groups in total. The zero-order chi connectivity index (χ0) is 40.3. The Morgan fingerprint density at radius 3 is 1.38 bits per heavy atom. The van der Waals surface area contributed by atoms with Crippen LogP contribution in [-0.2, 0) is 17.4 Å². The number of hydrogen-bond acceptors (Lipinski definition) is 1. The Labute approximate surface area is 353 Å². The quantitative estimate of drug-likeness (QED) is 0.149. The van der Waals surface area contributed by atoms with Crippen LogP contribution in [0.4, 0.5) is 11.4 Å². The first-order valence-corrected chi connectivity index (χ1v) is 21.1. The zero-order valence-corrected chi connectivity index (χ0v) is 34.0. The summed E-state index contributed by atoms with van der Waals surface area (Å²) >= 11 is 0. The van der Waals surface area contributed by atoms with Crippen LogP contribution in [0.1, 0.15) is 52.8 Å². The highest BCUT2D eigenvalue weighted by Crippen LogP contribution is 2.56. The van der Waals surface area contributed by atoms with Gasteiger partial charge in [0.1, 0.15) is 0 Å². The Kier molecular flexibility index (Phi) is 8.53. The molecule has 11 rings (SSSR count). The average molecular weight is 768 g/mol. The third-order valence-electron chi connectivity index (χ3n) is 13.3. The van der Waals surface area contributed by atoms with Crippen molar-refractivity contribution in [2.75, 3.05) is 4.90 Å². The number of fused-ring (bicyclic) bond motifs is 6. The average Bonchev–Trinajstić information content (AvgIpc) is 3.74. The molecule has 0 saturated carbocycles. The van der Waals surface area contributed by atoms with E-state index in [9.17, 15) is 0 Å². The van der Waals surface area contributed by atoms with Crippen molar-refractivity contribution in [2.24, 2.45) is 0 Å². The predicted molar refractivity (Wildman–Crippen MR) is 251 cm³/mol. The van der Waals surface area contributed by atoms with E-state index in [0.29, 0.717) is 6.54 Å². The maximum absolute atomic E-state index is 2.52. The van der Waals surface area contributed by atoms with Gasteiger partial charge in [-0.25, -0.2) is 0 Å². The van der Waals surface area contributed by atoms with Gasteiger partial charge in [0, 0.05) is 23.3 Å². The van der Waals surface area contributed by atoms with Crippen LogP contribution >= 0.6 is 0 Å². The Morgan fingerprint density at radius 1 is 0.333 bits per heavy atom. The van der Waals surface area contributed by atoms with Crippen molar-refractivity contribution < 1.29 is 0 Å². The number of nitrogens with zero attached hydrogens (tertiary/aromatic N) is 1. The second kappa shape index (κ2) is 14.3. The van der Waals surface area contributed by atoms with E-state index in [1.54, 1.807) is 0 Å². The molecule has 9 aromatic rings. The number of benzene rings is 9. The minimum Gasteiger partial charge on any atom is -0.337 e. The minimum atomic E-state index is -0.491. The van der Waals surface area contributed by atoms with Crippen LogP contribution in [0, 0.1) is 0 Å². The van der Waals surface area contributed by atoms with Crippen LogP contribution in [0.5, 0.6) is 0 Å². The summed E-state index contributed by atoms with van der Waals surface area (Å²) in [5.41, 5.74) is 21.1. The van der Waals surface area contributed by atoms with E-state index < -0.39 is 5.41 Å². The fourth-order valence-electron chi connectivity index (χ4n) is 10.4. The molecule has 0 unspecified atom stereocenters. The highest BCUT2D eigenvalue weighted by molar-refractivity contribution is 5.87. The van der Waals surface area contributed by atoms with Crippen LogP contribution in [0.2, 0.25) is 0 Å². The highest BCUT2D eigenvalue weighted by atomic mass is 15.1. The fourth-order valence-corrected chi connectivity index (χ4v) is 10.4. The molecule has 0 heterocycles. The zero-order valence-electron chi connectivity index (χ0n) is 34.0. The van der Waals surface area contributed by atoms with Gasteiger partial charge in [0.25, 0.3) is 0 Å². The molecule has 0 saturated heterocycles. The lowest BCUT2D eigenvalue weighted by Crippen LogP contribution is -2.28. The summed E-state index contributed by atoms with van der Waals surface area (Å²) in [6, 6.07) is 83.2. The summed E-state index contributed by atoms with van der Waals surface area (Å²) in [6.07, 6.45) is 0. The first-order valence-electron chi connectivity index (χ1n) is 21.1. The Balaban J connectivity index is 1.07. The van der Waals surface area contributed by atoms with Crippen LogP contribution in [0.3, 0.4) is 0 Å². The molecule has 0 spiro atoms. The monoisotopic (exact) mass is 767 g/mol. The number of rotatable bonds is 8. The van der Waals surface area contributed by atoms with Gasteiger partial charge in [-0.2, -0.15) is 0 Å². The van der Waals surface area contributed by atoms with Gasteiger partial charge in [0.05, 0.1) is 5.41 Å². The number of anilines is 2. The van der Waals surface area contributed by atoms with Gasteiger partial charge in [-0.3, -0.25) is 0 Å². The molecule has 0 aliphatic heterocycles. The van der Waals surface area contributed by atoms with E-state index in [-0.39, 0.29) is 5.41 Å². The molecule has 0 fully saturated rings. The maximum Gasteiger partial charge on any atom is 0.0713 e. The molecule has 286 valence electrons. The summed E-state index contributed by atoms with van der Waals surface area (Å²) in [5.74, 6) is 0. The summed E-state index contributed by atoms with van der Waals surface area (Å²) in [4.78, 5) is 2.52. The molecule has 0 atom stereocenters. The van der Waals surface area contributed by atoms with Crippen LogP contribution in [-0.4, -0.2) is 0 Å².